The zero-order valence-corrected chi connectivity index (χ0v) is 15.9. The predicted molar refractivity (Wildman–Crippen MR) is 106 cm³/mol. The summed E-state index contributed by atoms with van der Waals surface area (Å²) < 4.78 is 52.5. The maximum Gasteiger partial charge on any atom is 0.416 e. The number of halogens is 4. The van der Waals surface area contributed by atoms with Gasteiger partial charge in [-0.05, 0) is 35.4 Å². The molecular weight excluding hydrogens is 384 g/mol. The molecule has 2 aromatic rings. The van der Waals surface area contributed by atoms with Crippen molar-refractivity contribution in [2.75, 3.05) is 25.0 Å². The van der Waals surface area contributed by atoms with Crippen molar-refractivity contribution < 1.29 is 17.6 Å². The van der Waals surface area contributed by atoms with Gasteiger partial charge in [-0.3, -0.25) is 4.99 Å². The Bertz CT molecular complexity index is 881. The van der Waals surface area contributed by atoms with Crippen molar-refractivity contribution in [3.63, 3.8) is 0 Å². The molecule has 8 heteroatoms. The number of nitrogens with zero attached hydrogens (tertiary/aromatic N) is 2. The van der Waals surface area contributed by atoms with Gasteiger partial charge in [0.05, 0.1) is 5.56 Å². The van der Waals surface area contributed by atoms with Gasteiger partial charge in [-0.25, -0.2) is 4.39 Å². The Labute approximate surface area is 166 Å². The minimum atomic E-state index is -4.62. The molecule has 0 atom stereocenters. The van der Waals surface area contributed by atoms with Crippen LogP contribution in [0.25, 0.3) is 0 Å². The summed E-state index contributed by atoms with van der Waals surface area (Å²) in [6.45, 7) is 2.14. The van der Waals surface area contributed by atoms with E-state index in [1.165, 1.54) is 7.05 Å². The van der Waals surface area contributed by atoms with Gasteiger partial charge in [-0.1, -0.05) is 30.4 Å². The first-order valence-electron chi connectivity index (χ1n) is 9.16. The van der Waals surface area contributed by atoms with E-state index in [0.29, 0.717) is 18.6 Å². The lowest BCUT2D eigenvalue weighted by atomic mass is 10.1. The van der Waals surface area contributed by atoms with E-state index in [1.807, 2.05) is 24.3 Å². The van der Waals surface area contributed by atoms with Crippen molar-refractivity contribution in [2.24, 2.45) is 4.99 Å². The molecule has 2 aromatic carbocycles. The van der Waals surface area contributed by atoms with Crippen LogP contribution >= 0.6 is 0 Å². The summed E-state index contributed by atoms with van der Waals surface area (Å²) in [6.07, 6.45) is -0.379. The van der Waals surface area contributed by atoms with Crippen LogP contribution in [0.4, 0.5) is 23.2 Å². The van der Waals surface area contributed by atoms with Gasteiger partial charge in [0.1, 0.15) is 5.82 Å². The summed E-state index contributed by atoms with van der Waals surface area (Å²) in [6, 6.07) is 10.7. The van der Waals surface area contributed by atoms with Crippen molar-refractivity contribution >= 4 is 11.6 Å². The molecule has 1 aliphatic rings. The van der Waals surface area contributed by atoms with Crippen LogP contribution in [0.1, 0.15) is 16.7 Å². The molecule has 0 aliphatic carbocycles. The SMILES string of the molecule is CN=C(NCc1ccc(N2CC=CC2)cc1)NCc1ccc(F)cc1C(F)(F)F. The molecule has 0 saturated carbocycles. The van der Waals surface area contributed by atoms with E-state index in [1.54, 1.807) is 0 Å². The molecule has 0 fully saturated rings. The second-order valence-electron chi connectivity index (χ2n) is 6.62. The number of hydrogen-bond donors (Lipinski definition) is 2. The van der Waals surface area contributed by atoms with Crippen LogP contribution in [0, 0.1) is 5.82 Å². The van der Waals surface area contributed by atoms with Gasteiger partial charge < -0.3 is 15.5 Å². The van der Waals surface area contributed by atoms with Crippen LogP contribution in [0.5, 0.6) is 0 Å². The lowest BCUT2D eigenvalue weighted by molar-refractivity contribution is -0.138. The van der Waals surface area contributed by atoms with Crippen molar-refractivity contribution in [2.45, 2.75) is 19.3 Å². The monoisotopic (exact) mass is 406 g/mol. The van der Waals surface area contributed by atoms with Gasteiger partial charge in [0, 0.05) is 38.9 Å². The third kappa shape index (κ3) is 5.49. The molecule has 2 N–H and O–H groups in total. The molecule has 1 aliphatic heterocycles. The number of guanidine groups is 1. The first-order chi connectivity index (χ1) is 13.9. The number of alkyl halides is 3. The summed E-state index contributed by atoms with van der Waals surface area (Å²) in [5.74, 6) is -0.563. The van der Waals surface area contributed by atoms with Crippen molar-refractivity contribution in [3.05, 3.63) is 77.1 Å². The predicted octanol–water partition coefficient (Wildman–Crippen LogP) is 4.09. The summed E-state index contributed by atoms with van der Waals surface area (Å²) >= 11 is 0. The third-order valence-corrected chi connectivity index (χ3v) is 4.63. The Morgan fingerprint density at radius 1 is 1.00 bits per heavy atom. The lowest BCUT2D eigenvalue weighted by Gasteiger charge is -2.18. The highest BCUT2D eigenvalue weighted by molar-refractivity contribution is 5.79. The maximum atomic E-state index is 13.2. The Balaban J connectivity index is 1.56. The van der Waals surface area contributed by atoms with E-state index in [0.717, 1.165) is 36.5 Å². The van der Waals surface area contributed by atoms with Gasteiger partial charge in [0.2, 0.25) is 0 Å². The number of nitrogens with one attached hydrogen (secondary N) is 2. The van der Waals surface area contributed by atoms with E-state index in [2.05, 4.69) is 32.7 Å². The molecule has 0 unspecified atom stereocenters. The summed E-state index contributed by atoms with van der Waals surface area (Å²) in [5, 5.41) is 5.92. The van der Waals surface area contributed by atoms with Crippen LogP contribution < -0.4 is 15.5 Å². The Morgan fingerprint density at radius 3 is 2.28 bits per heavy atom. The fourth-order valence-electron chi connectivity index (χ4n) is 3.07. The second-order valence-corrected chi connectivity index (χ2v) is 6.62. The first-order valence-corrected chi connectivity index (χ1v) is 9.16. The van der Waals surface area contributed by atoms with Crippen LogP contribution in [0.2, 0.25) is 0 Å². The van der Waals surface area contributed by atoms with Crippen molar-refractivity contribution in [3.8, 4) is 0 Å². The second kappa shape index (κ2) is 8.98. The van der Waals surface area contributed by atoms with Gasteiger partial charge in [0.25, 0.3) is 0 Å². The summed E-state index contributed by atoms with van der Waals surface area (Å²) in [7, 11) is 1.54. The molecule has 0 aromatic heterocycles. The quantitative estimate of drug-likeness (QED) is 0.340. The largest absolute Gasteiger partial charge is 0.416 e. The molecule has 0 spiro atoms. The minimum Gasteiger partial charge on any atom is -0.364 e. The van der Waals surface area contributed by atoms with Gasteiger partial charge in [0.15, 0.2) is 5.96 Å². The average molecular weight is 406 g/mol. The van der Waals surface area contributed by atoms with Crippen LogP contribution in [0.15, 0.2) is 59.6 Å². The number of anilines is 1. The maximum absolute atomic E-state index is 13.2. The fraction of sp³-hybridized carbons (Fsp3) is 0.286. The molecule has 0 amide bonds. The average Bonchev–Trinajstić information content (AvgIpc) is 3.23. The number of benzene rings is 2. The normalized spacial score (nSPS) is 14.4. The number of rotatable bonds is 5. The van der Waals surface area contributed by atoms with Gasteiger partial charge >= 0.3 is 6.18 Å². The molecule has 29 heavy (non-hydrogen) atoms. The lowest BCUT2D eigenvalue weighted by Crippen LogP contribution is -2.36. The zero-order valence-electron chi connectivity index (χ0n) is 15.9. The number of aliphatic imine (C=N–C) groups is 1. The Morgan fingerprint density at radius 2 is 1.66 bits per heavy atom. The standard InChI is InChI=1S/C21H22F4N4/c1-26-20(28-14-16-6-7-17(22)12-19(16)21(23,24)25)27-13-15-4-8-18(9-5-15)29-10-2-3-11-29/h2-9,12H,10-11,13-14H2,1H3,(H2,26,27,28). The van der Waals surface area contributed by atoms with Crippen molar-refractivity contribution in [1.82, 2.24) is 10.6 Å². The molecule has 3 rings (SSSR count). The highest BCUT2D eigenvalue weighted by Gasteiger charge is 2.33. The van der Waals surface area contributed by atoms with Crippen molar-refractivity contribution in [1.29, 1.82) is 0 Å². The molecule has 1 heterocycles. The van der Waals surface area contributed by atoms with E-state index in [-0.39, 0.29) is 12.1 Å². The molecule has 0 radical (unpaired) electrons. The van der Waals surface area contributed by atoms with Gasteiger partial charge in [-0.15, -0.1) is 0 Å². The zero-order chi connectivity index (χ0) is 20.9. The highest BCUT2D eigenvalue weighted by atomic mass is 19.4. The van der Waals surface area contributed by atoms with E-state index in [4.69, 9.17) is 0 Å². The molecule has 154 valence electrons. The van der Waals surface area contributed by atoms with Gasteiger partial charge in [-0.2, -0.15) is 13.2 Å². The molecular formula is C21H22F4N4. The summed E-state index contributed by atoms with van der Waals surface area (Å²) in [5.41, 5.74) is 1.11. The molecule has 0 saturated heterocycles. The van der Waals surface area contributed by atoms with Crippen LogP contribution in [-0.2, 0) is 19.3 Å². The Hall–Kier alpha value is -3.03. The minimum absolute atomic E-state index is 0.0505. The first kappa shape index (κ1) is 20.7. The topological polar surface area (TPSA) is 39.7 Å². The smallest absolute Gasteiger partial charge is 0.364 e. The summed E-state index contributed by atoms with van der Waals surface area (Å²) in [4.78, 5) is 6.27. The highest BCUT2D eigenvalue weighted by Crippen LogP contribution is 2.32. The fourth-order valence-corrected chi connectivity index (χ4v) is 3.07. The van der Waals surface area contributed by atoms with E-state index in [9.17, 15) is 17.6 Å². The van der Waals surface area contributed by atoms with Crippen LogP contribution in [-0.4, -0.2) is 26.1 Å². The van der Waals surface area contributed by atoms with E-state index >= 15 is 0 Å². The molecule has 0 bridgehead atoms. The Kier molecular flexibility index (Phi) is 6.41. The number of hydrogen-bond acceptors (Lipinski definition) is 2. The van der Waals surface area contributed by atoms with E-state index < -0.39 is 17.6 Å². The molecule has 4 nitrogen and oxygen atoms in total. The van der Waals surface area contributed by atoms with Crippen LogP contribution in [0.3, 0.4) is 0 Å². The third-order valence-electron chi connectivity index (χ3n) is 4.63.